The van der Waals surface area contributed by atoms with Crippen molar-refractivity contribution in [3.63, 3.8) is 0 Å². The van der Waals surface area contributed by atoms with Gasteiger partial charge in [-0.25, -0.2) is 4.39 Å². The van der Waals surface area contributed by atoms with Gasteiger partial charge in [0.1, 0.15) is 10.8 Å². The van der Waals surface area contributed by atoms with E-state index in [1.165, 1.54) is 30.3 Å². The molecule has 0 radical (unpaired) electrons. The molecule has 0 atom stereocenters. The topological polar surface area (TPSA) is 38.0 Å². The van der Waals surface area contributed by atoms with E-state index in [0.29, 0.717) is 5.56 Å². The third kappa shape index (κ3) is 3.49. The van der Waals surface area contributed by atoms with E-state index in [1.807, 2.05) is 0 Å². The molecule has 0 fully saturated rings. The van der Waals surface area contributed by atoms with E-state index in [-0.39, 0.29) is 16.4 Å². The van der Waals surface area contributed by atoms with E-state index in [1.54, 1.807) is 0 Å². The lowest BCUT2D eigenvalue weighted by Gasteiger charge is -2.15. The minimum atomic E-state index is -4.53. The third-order valence-corrected chi connectivity index (χ3v) is 2.99. The maximum absolute atomic E-state index is 13.9. The van der Waals surface area contributed by atoms with Crippen molar-refractivity contribution in [2.24, 2.45) is 5.73 Å². The summed E-state index contributed by atoms with van der Waals surface area (Å²) in [5.41, 5.74) is 4.47. The quantitative estimate of drug-likeness (QED) is 0.658. The number of halogens is 4. The summed E-state index contributed by atoms with van der Waals surface area (Å²) < 4.78 is 52.4. The van der Waals surface area contributed by atoms with Crippen molar-refractivity contribution < 1.29 is 17.6 Å². The maximum atomic E-state index is 13.9. The average Bonchev–Trinajstić information content (AvgIpc) is 2.40. The Labute approximate surface area is 123 Å². The Morgan fingerprint density at radius 1 is 1.05 bits per heavy atom. The van der Waals surface area contributed by atoms with Crippen LogP contribution in [-0.4, -0.2) is 4.99 Å². The van der Waals surface area contributed by atoms with Crippen LogP contribution in [0.25, 0.3) is 0 Å². The highest BCUT2D eigenvalue weighted by Crippen LogP contribution is 2.36. The number of para-hydroxylation sites is 1. The zero-order chi connectivity index (χ0) is 15.6. The lowest BCUT2D eigenvalue weighted by molar-refractivity contribution is -0.136. The van der Waals surface area contributed by atoms with Crippen LogP contribution in [0.5, 0.6) is 0 Å². The average molecular weight is 314 g/mol. The smallest absolute Gasteiger partial charge is 0.389 e. The molecular weight excluding hydrogens is 304 g/mol. The van der Waals surface area contributed by atoms with Gasteiger partial charge in [0.25, 0.3) is 0 Å². The molecule has 2 rings (SSSR count). The minimum absolute atomic E-state index is 0.0103. The fraction of sp³-hybridized carbons (Fsp3) is 0.0714. The van der Waals surface area contributed by atoms with E-state index >= 15 is 0 Å². The highest BCUT2D eigenvalue weighted by atomic mass is 32.1. The van der Waals surface area contributed by atoms with Crippen LogP contribution in [0.15, 0.2) is 42.5 Å². The first-order valence-corrected chi connectivity index (χ1v) is 6.22. The molecule has 0 unspecified atom stereocenters. The van der Waals surface area contributed by atoms with Gasteiger partial charge in [-0.05, 0) is 30.3 Å². The number of rotatable bonds is 3. The normalized spacial score (nSPS) is 11.2. The molecule has 0 saturated carbocycles. The number of benzene rings is 2. The molecule has 0 saturated heterocycles. The summed E-state index contributed by atoms with van der Waals surface area (Å²) in [6.07, 6.45) is -4.53. The van der Waals surface area contributed by atoms with E-state index < -0.39 is 17.6 Å². The molecule has 2 aromatic rings. The Bertz CT molecular complexity index is 683. The summed E-state index contributed by atoms with van der Waals surface area (Å²) in [5.74, 6) is -0.739. The number of thiocarbonyl (C=S) groups is 1. The fourth-order valence-corrected chi connectivity index (χ4v) is 1.88. The monoisotopic (exact) mass is 314 g/mol. The molecule has 0 aliphatic carbocycles. The van der Waals surface area contributed by atoms with Gasteiger partial charge in [0.05, 0.1) is 16.9 Å². The van der Waals surface area contributed by atoms with Crippen LogP contribution in [-0.2, 0) is 6.18 Å². The Morgan fingerprint density at radius 2 is 1.71 bits per heavy atom. The second kappa shape index (κ2) is 5.69. The molecule has 0 aromatic heterocycles. The lowest BCUT2D eigenvalue weighted by Crippen LogP contribution is -2.11. The van der Waals surface area contributed by atoms with Crippen molar-refractivity contribution in [1.29, 1.82) is 0 Å². The molecule has 7 heteroatoms. The van der Waals surface area contributed by atoms with Gasteiger partial charge >= 0.3 is 6.18 Å². The van der Waals surface area contributed by atoms with Crippen molar-refractivity contribution in [3.8, 4) is 0 Å². The summed E-state index contributed by atoms with van der Waals surface area (Å²) in [6.45, 7) is 0. The van der Waals surface area contributed by atoms with Crippen LogP contribution < -0.4 is 11.1 Å². The Kier molecular flexibility index (Phi) is 4.13. The molecule has 21 heavy (non-hydrogen) atoms. The summed E-state index contributed by atoms with van der Waals surface area (Å²) in [7, 11) is 0. The van der Waals surface area contributed by atoms with Gasteiger partial charge in [-0.15, -0.1) is 0 Å². The molecule has 0 amide bonds. The highest BCUT2D eigenvalue weighted by molar-refractivity contribution is 7.80. The number of hydrogen-bond acceptors (Lipinski definition) is 2. The van der Waals surface area contributed by atoms with Gasteiger partial charge in [0.2, 0.25) is 0 Å². The van der Waals surface area contributed by atoms with Crippen LogP contribution >= 0.6 is 12.2 Å². The second-order valence-corrected chi connectivity index (χ2v) is 4.67. The van der Waals surface area contributed by atoms with Crippen LogP contribution in [0.3, 0.4) is 0 Å². The largest absolute Gasteiger partial charge is 0.418 e. The second-order valence-electron chi connectivity index (χ2n) is 4.23. The standard InChI is InChI=1S/C14H10F4N2S/c15-10-7-8(13(19)21)5-6-12(10)20-11-4-2-1-3-9(11)14(16,17)18/h1-7,20H,(H2,19,21). The molecule has 3 N–H and O–H groups in total. The number of hydrogen-bond donors (Lipinski definition) is 2. The van der Waals surface area contributed by atoms with Gasteiger partial charge in [-0.1, -0.05) is 24.4 Å². The van der Waals surface area contributed by atoms with Gasteiger partial charge in [-0.3, -0.25) is 0 Å². The molecule has 0 aliphatic heterocycles. The first-order valence-electron chi connectivity index (χ1n) is 5.81. The van der Waals surface area contributed by atoms with Crippen molar-refractivity contribution in [2.45, 2.75) is 6.18 Å². The van der Waals surface area contributed by atoms with Crippen LogP contribution in [0.2, 0.25) is 0 Å². The predicted octanol–water partition coefficient (Wildman–Crippen LogP) is 4.22. The van der Waals surface area contributed by atoms with Crippen LogP contribution in [0, 0.1) is 5.82 Å². The predicted molar refractivity (Wildman–Crippen MR) is 77.0 cm³/mol. The number of nitrogens with two attached hydrogens (primary N) is 1. The number of alkyl halides is 3. The molecule has 0 aliphatic rings. The number of anilines is 2. The summed E-state index contributed by atoms with van der Waals surface area (Å²) >= 11 is 4.71. The summed E-state index contributed by atoms with van der Waals surface area (Å²) in [5, 5.41) is 2.43. The molecule has 0 spiro atoms. The van der Waals surface area contributed by atoms with Gasteiger partial charge in [0.15, 0.2) is 0 Å². The Balaban J connectivity index is 2.38. The first kappa shape index (κ1) is 15.2. The fourth-order valence-electron chi connectivity index (χ4n) is 1.75. The SMILES string of the molecule is NC(=S)c1ccc(Nc2ccccc2C(F)(F)F)c(F)c1. The molecule has 2 nitrogen and oxygen atoms in total. The van der Waals surface area contributed by atoms with E-state index in [2.05, 4.69) is 5.32 Å². The minimum Gasteiger partial charge on any atom is -0.389 e. The molecular formula is C14H10F4N2S. The van der Waals surface area contributed by atoms with Crippen LogP contribution in [0.1, 0.15) is 11.1 Å². The van der Waals surface area contributed by atoms with Crippen molar-refractivity contribution in [1.82, 2.24) is 0 Å². The van der Waals surface area contributed by atoms with Crippen molar-refractivity contribution >= 4 is 28.6 Å². The third-order valence-electron chi connectivity index (χ3n) is 2.76. The van der Waals surface area contributed by atoms with E-state index in [0.717, 1.165) is 12.1 Å². The van der Waals surface area contributed by atoms with Gasteiger partial charge in [0, 0.05) is 5.56 Å². The zero-order valence-corrected chi connectivity index (χ0v) is 11.4. The summed E-state index contributed by atoms with van der Waals surface area (Å²) in [6, 6.07) is 8.63. The van der Waals surface area contributed by atoms with E-state index in [9.17, 15) is 17.6 Å². The molecule has 0 heterocycles. The Hall–Kier alpha value is -2.15. The van der Waals surface area contributed by atoms with Crippen molar-refractivity contribution in [2.75, 3.05) is 5.32 Å². The van der Waals surface area contributed by atoms with Gasteiger partial charge < -0.3 is 11.1 Å². The van der Waals surface area contributed by atoms with Gasteiger partial charge in [-0.2, -0.15) is 13.2 Å². The van der Waals surface area contributed by atoms with Crippen LogP contribution in [0.4, 0.5) is 28.9 Å². The maximum Gasteiger partial charge on any atom is 0.418 e. The van der Waals surface area contributed by atoms with E-state index in [4.69, 9.17) is 18.0 Å². The number of nitrogens with one attached hydrogen (secondary N) is 1. The summed E-state index contributed by atoms with van der Waals surface area (Å²) in [4.78, 5) is 0.0103. The zero-order valence-electron chi connectivity index (χ0n) is 10.5. The first-order chi connectivity index (χ1) is 9.79. The molecule has 0 bridgehead atoms. The molecule has 110 valence electrons. The Morgan fingerprint density at radius 3 is 2.29 bits per heavy atom. The van der Waals surface area contributed by atoms with Crippen molar-refractivity contribution in [3.05, 3.63) is 59.4 Å². The highest BCUT2D eigenvalue weighted by Gasteiger charge is 2.33. The molecule has 2 aromatic carbocycles. The lowest BCUT2D eigenvalue weighted by atomic mass is 10.1.